The van der Waals surface area contributed by atoms with Gasteiger partial charge in [-0.05, 0) is 35.9 Å². The molecule has 0 aliphatic carbocycles. The van der Waals surface area contributed by atoms with E-state index in [2.05, 4.69) is 0 Å². The number of aliphatic hydroxyl groups is 2. The molecular formula is C30H24O11. The number of fused-ring (bicyclic) bond motifs is 8. The van der Waals surface area contributed by atoms with E-state index in [1.165, 1.54) is 36.4 Å². The van der Waals surface area contributed by atoms with Crippen LogP contribution in [0.1, 0.15) is 39.8 Å². The van der Waals surface area contributed by atoms with E-state index in [0.717, 1.165) is 12.1 Å². The Hall–Kier alpha value is -5.00. The molecule has 0 fully saturated rings. The number of phenols is 6. The van der Waals surface area contributed by atoms with Crippen LogP contribution in [0.3, 0.4) is 0 Å². The molecule has 11 nitrogen and oxygen atoms in total. The van der Waals surface area contributed by atoms with Gasteiger partial charge in [0.2, 0.25) is 0 Å². The Morgan fingerprint density at radius 1 is 0.659 bits per heavy atom. The lowest BCUT2D eigenvalue weighted by molar-refractivity contribution is -0.219. The Kier molecular flexibility index (Phi) is 5.18. The van der Waals surface area contributed by atoms with Gasteiger partial charge in [0.15, 0.2) is 11.5 Å². The molecule has 8 N–H and O–H groups in total. The van der Waals surface area contributed by atoms with E-state index in [4.69, 9.17) is 14.2 Å². The third-order valence-corrected chi connectivity index (χ3v) is 7.92. The van der Waals surface area contributed by atoms with Crippen molar-refractivity contribution in [3.63, 3.8) is 0 Å². The summed E-state index contributed by atoms with van der Waals surface area (Å²) in [6.07, 6.45) is -3.60. The lowest BCUT2D eigenvalue weighted by Gasteiger charge is -2.50. The van der Waals surface area contributed by atoms with Gasteiger partial charge in [0.1, 0.15) is 52.5 Å². The van der Waals surface area contributed by atoms with Crippen LogP contribution in [-0.2, 0) is 12.2 Å². The predicted octanol–water partition coefficient (Wildman–Crippen LogP) is 3.09. The number of benzene rings is 4. The summed E-state index contributed by atoms with van der Waals surface area (Å²) in [5, 5.41) is 85.0. The van der Waals surface area contributed by atoms with E-state index >= 15 is 0 Å². The van der Waals surface area contributed by atoms with Crippen molar-refractivity contribution in [1.82, 2.24) is 0 Å². The average Bonchev–Trinajstić information content (AvgIpc) is 2.91. The van der Waals surface area contributed by atoms with Gasteiger partial charge in [-0.25, -0.2) is 0 Å². The van der Waals surface area contributed by atoms with Crippen LogP contribution >= 0.6 is 0 Å². The van der Waals surface area contributed by atoms with Crippen LogP contribution in [0.4, 0.5) is 0 Å². The van der Waals surface area contributed by atoms with E-state index < -0.39 is 41.5 Å². The lowest BCUT2D eigenvalue weighted by Crippen LogP contribution is -2.57. The van der Waals surface area contributed by atoms with Crippen LogP contribution < -0.4 is 14.2 Å². The minimum atomic E-state index is -2.05. The molecule has 41 heavy (non-hydrogen) atoms. The Labute approximate surface area is 231 Å². The third kappa shape index (κ3) is 3.52. The fourth-order valence-corrected chi connectivity index (χ4v) is 6.04. The van der Waals surface area contributed by atoms with Gasteiger partial charge in [-0.3, -0.25) is 0 Å². The van der Waals surface area contributed by atoms with Crippen LogP contribution in [0.15, 0.2) is 60.7 Å². The molecule has 3 aliphatic heterocycles. The molecule has 5 atom stereocenters. The molecule has 0 saturated carbocycles. The predicted molar refractivity (Wildman–Crippen MR) is 140 cm³/mol. The summed E-state index contributed by atoms with van der Waals surface area (Å²) in [5.74, 6) is -4.89. The minimum absolute atomic E-state index is 0.0231. The highest BCUT2D eigenvalue weighted by atomic mass is 16.7. The first-order valence-corrected chi connectivity index (χ1v) is 12.7. The van der Waals surface area contributed by atoms with Gasteiger partial charge in [-0.15, -0.1) is 0 Å². The van der Waals surface area contributed by atoms with Gasteiger partial charge in [0, 0.05) is 46.9 Å². The first-order valence-electron chi connectivity index (χ1n) is 12.7. The van der Waals surface area contributed by atoms with Crippen LogP contribution in [0, 0.1) is 0 Å². The highest BCUT2D eigenvalue weighted by molar-refractivity contribution is 5.68. The van der Waals surface area contributed by atoms with Crippen molar-refractivity contribution < 1.29 is 55.1 Å². The number of phenolic OH excluding ortho intramolecular Hbond substituents is 6. The van der Waals surface area contributed by atoms with E-state index in [9.17, 15) is 40.9 Å². The SMILES string of the molecule is Oc1ccc([C@H]2Oc3c(c(O)cc4c3[C@H]3c5c(O)cc(O)cc5O[C@@](c5ccc(O)c(O)c5)(O4)[C@H]3O)C[C@@H]2O)cc1. The Balaban J connectivity index is 1.48. The second kappa shape index (κ2) is 8.50. The average molecular weight is 561 g/mol. The summed E-state index contributed by atoms with van der Waals surface area (Å²) in [5.41, 5.74) is 1.26. The zero-order valence-electron chi connectivity index (χ0n) is 21.1. The first kappa shape index (κ1) is 25.0. The summed E-state index contributed by atoms with van der Waals surface area (Å²) >= 11 is 0. The fraction of sp³-hybridized carbons (Fsp3) is 0.200. The summed E-state index contributed by atoms with van der Waals surface area (Å²) < 4.78 is 18.7. The van der Waals surface area contributed by atoms with Crippen molar-refractivity contribution in [3.05, 3.63) is 88.5 Å². The molecule has 0 unspecified atom stereocenters. The Morgan fingerprint density at radius 3 is 2.07 bits per heavy atom. The fourth-order valence-electron chi connectivity index (χ4n) is 6.04. The van der Waals surface area contributed by atoms with Crippen molar-refractivity contribution in [1.29, 1.82) is 0 Å². The second-order valence-corrected chi connectivity index (χ2v) is 10.4. The largest absolute Gasteiger partial charge is 0.508 e. The van der Waals surface area contributed by atoms with E-state index in [1.54, 1.807) is 12.1 Å². The zero-order chi connectivity index (χ0) is 28.8. The number of ether oxygens (including phenoxy) is 3. The van der Waals surface area contributed by atoms with Crippen LogP contribution in [0.2, 0.25) is 0 Å². The molecule has 2 bridgehead atoms. The van der Waals surface area contributed by atoms with E-state index in [0.29, 0.717) is 5.56 Å². The topological polar surface area (TPSA) is 190 Å². The highest BCUT2D eigenvalue weighted by Crippen LogP contribution is 2.62. The van der Waals surface area contributed by atoms with Gasteiger partial charge in [0.05, 0.1) is 12.0 Å². The van der Waals surface area contributed by atoms with Crippen LogP contribution in [0.25, 0.3) is 0 Å². The van der Waals surface area contributed by atoms with Crippen molar-refractivity contribution in [2.75, 3.05) is 0 Å². The molecule has 0 aromatic heterocycles. The Morgan fingerprint density at radius 2 is 1.37 bits per heavy atom. The molecule has 0 amide bonds. The molecular weight excluding hydrogens is 536 g/mol. The number of aromatic hydroxyl groups is 6. The molecule has 0 radical (unpaired) electrons. The monoisotopic (exact) mass is 560 g/mol. The van der Waals surface area contributed by atoms with Gasteiger partial charge in [-0.2, -0.15) is 0 Å². The smallest absolute Gasteiger partial charge is 0.305 e. The van der Waals surface area contributed by atoms with Gasteiger partial charge in [0.25, 0.3) is 0 Å². The molecule has 3 heterocycles. The highest BCUT2D eigenvalue weighted by Gasteiger charge is 2.60. The maximum Gasteiger partial charge on any atom is 0.305 e. The minimum Gasteiger partial charge on any atom is -0.508 e. The second-order valence-electron chi connectivity index (χ2n) is 10.4. The van der Waals surface area contributed by atoms with Gasteiger partial charge < -0.3 is 55.1 Å². The normalized spacial score (nSPS) is 25.5. The lowest BCUT2D eigenvalue weighted by atomic mass is 9.74. The molecule has 210 valence electrons. The summed E-state index contributed by atoms with van der Waals surface area (Å²) in [7, 11) is 0. The number of aliphatic hydroxyl groups excluding tert-OH is 2. The van der Waals surface area contributed by atoms with Gasteiger partial charge >= 0.3 is 5.79 Å². The molecule has 0 saturated heterocycles. The first-order chi connectivity index (χ1) is 19.6. The zero-order valence-corrected chi connectivity index (χ0v) is 21.1. The molecule has 11 heteroatoms. The third-order valence-electron chi connectivity index (χ3n) is 7.92. The van der Waals surface area contributed by atoms with Crippen molar-refractivity contribution in [2.45, 2.75) is 36.4 Å². The summed E-state index contributed by atoms with van der Waals surface area (Å²) in [6, 6.07) is 13.4. The molecule has 3 aliphatic rings. The number of hydrogen-bond acceptors (Lipinski definition) is 11. The molecule has 4 aromatic rings. The van der Waals surface area contributed by atoms with Crippen molar-refractivity contribution in [3.8, 4) is 51.7 Å². The molecule has 0 spiro atoms. The molecule has 7 rings (SSSR count). The van der Waals surface area contributed by atoms with Crippen LogP contribution in [0.5, 0.6) is 51.7 Å². The summed E-state index contributed by atoms with van der Waals surface area (Å²) in [4.78, 5) is 0. The maximum atomic E-state index is 11.9. The quantitative estimate of drug-likeness (QED) is 0.168. The van der Waals surface area contributed by atoms with E-state index in [-0.39, 0.29) is 68.9 Å². The maximum absolute atomic E-state index is 11.9. The number of hydrogen-bond donors (Lipinski definition) is 8. The van der Waals surface area contributed by atoms with Crippen molar-refractivity contribution >= 4 is 0 Å². The Bertz CT molecular complexity index is 1720. The van der Waals surface area contributed by atoms with E-state index in [1.807, 2.05) is 0 Å². The molecule has 4 aromatic carbocycles. The van der Waals surface area contributed by atoms with Crippen LogP contribution in [-0.4, -0.2) is 53.1 Å². The number of rotatable bonds is 2. The van der Waals surface area contributed by atoms with Crippen molar-refractivity contribution in [2.24, 2.45) is 0 Å². The summed E-state index contributed by atoms with van der Waals surface area (Å²) in [6.45, 7) is 0. The van der Waals surface area contributed by atoms with Gasteiger partial charge in [-0.1, -0.05) is 12.1 Å². The standard InChI is InChI=1S/C30H24O11/c31-14-4-1-12(2-5-14)27-21(37)10-16-18(34)11-23-25(28(16)39-27)26-24-20(36)8-15(32)9-22(24)40-30(41-23,29(26)38)13-3-6-17(33)19(35)7-13/h1-9,11,21,26-27,29,31-38H,10H2/t21-,26+,27+,29-,30-/m0/s1.